The van der Waals surface area contributed by atoms with Crippen molar-refractivity contribution in [1.29, 1.82) is 0 Å². The summed E-state index contributed by atoms with van der Waals surface area (Å²) in [6.45, 7) is 2.17. The molecule has 0 aromatic heterocycles. The fraction of sp³-hybridized carbons (Fsp3) is 0.625. The highest BCUT2D eigenvalue weighted by Gasteiger charge is 2.13. The third-order valence-corrected chi connectivity index (χ3v) is 3.80. The quantitative estimate of drug-likeness (QED) is 0.705. The Labute approximate surface area is 116 Å². The van der Waals surface area contributed by atoms with Crippen molar-refractivity contribution < 1.29 is 5.11 Å². The number of aliphatic hydroxyl groups is 1. The van der Waals surface area contributed by atoms with Crippen LogP contribution in [0.4, 0.5) is 0 Å². The molecule has 1 aliphatic carbocycles. The van der Waals surface area contributed by atoms with Gasteiger partial charge in [-0.2, -0.15) is 0 Å². The summed E-state index contributed by atoms with van der Waals surface area (Å²) in [6.07, 6.45) is 6.28. The van der Waals surface area contributed by atoms with Gasteiger partial charge < -0.3 is 15.7 Å². The first kappa shape index (κ1) is 14.5. The fourth-order valence-corrected chi connectivity index (χ4v) is 2.66. The van der Waals surface area contributed by atoms with Gasteiger partial charge >= 0.3 is 0 Å². The van der Waals surface area contributed by atoms with Crippen molar-refractivity contribution in [1.82, 2.24) is 10.6 Å². The average Bonchev–Trinajstić information content (AvgIpc) is 2.47. The fourth-order valence-electron chi connectivity index (χ4n) is 2.66. The molecule has 0 radical (unpaired) electrons. The Morgan fingerprint density at radius 3 is 2.53 bits per heavy atom. The average molecular weight is 262 g/mol. The normalized spacial score (nSPS) is 18.4. The number of benzene rings is 1. The molecule has 3 N–H and O–H groups in total. The first-order chi connectivity index (χ1) is 9.34. The summed E-state index contributed by atoms with van der Waals surface area (Å²) >= 11 is 0. The largest absolute Gasteiger partial charge is 0.390 e. The zero-order valence-electron chi connectivity index (χ0n) is 11.6. The van der Waals surface area contributed by atoms with Gasteiger partial charge in [-0.3, -0.25) is 0 Å². The Kier molecular flexibility index (Phi) is 6.34. The van der Waals surface area contributed by atoms with Gasteiger partial charge in [-0.25, -0.2) is 0 Å². The maximum atomic E-state index is 9.93. The molecule has 0 bridgehead atoms. The minimum atomic E-state index is -0.300. The van der Waals surface area contributed by atoms with Crippen molar-refractivity contribution in [2.75, 3.05) is 13.1 Å². The van der Waals surface area contributed by atoms with Crippen LogP contribution < -0.4 is 10.6 Å². The number of hydrogen-bond acceptors (Lipinski definition) is 3. The molecule has 2 rings (SSSR count). The molecule has 3 heteroatoms. The second kappa shape index (κ2) is 8.31. The Morgan fingerprint density at radius 1 is 1.05 bits per heavy atom. The van der Waals surface area contributed by atoms with Gasteiger partial charge in [-0.15, -0.1) is 0 Å². The lowest BCUT2D eigenvalue weighted by Gasteiger charge is -2.24. The molecule has 1 atom stereocenters. The van der Waals surface area contributed by atoms with Crippen LogP contribution in [-0.4, -0.2) is 30.3 Å². The highest BCUT2D eigenvalue weighted by Crippen LogP contribution is 2.17. The molecule has 0 amide bonds. The molecule has 0 saturated heterocycles. The Hall–Kier alpha value is -0.900. The molecule has 1 aromatic carbocycles. The lowest BCUT2D eigenvalue weighted by atomic mass is 9.95. The van der Waals surface area contributed by atoms with Crippen LogP contribution in [0.3, 0.4) is 0 Å². The van der Waals surface area contributed by atoms with E-state index in [2.05, 4.69) is 22.8 Å². The summed E-state index contributed by atoms with van der Waals surface area (Å²) in [5, 5.41) is 16.7. The van der Waals surface area contributed by atoms with Crippen LogP contribution in [0.25, 0.3) is 0 Å². The molecular formula is C16H26N2O. The van der Waals surface area contributed by atoms with Crippen LogP contribution in [0.2, 0.25) is 0 Å². The van der Waals surface area contributed by atoms with E-state index in [9.17, 15) is 5.11 Å². The van der Waals surface area contributed by atoms with Gasteiger partial charge in [0.25, 0.3) is 0 Å². The summed E-state index contributed by atoms with van der Waals surface area (Å²) in [4.78, 5) is 0. The minimum absolute atomic E-state index is 0.300. The molecule has 1 fully saturated rings. The van der Waals surface area contributed by atoms with Crippen molar-refractivity contribution in [2.24, 2.45) is 0 Å². The first-order valence-corrected chi connectivity index (χ1v) is 7.50. The number of aliphatic hydroxyl groups excluding tert-OH is 1. The molecule has 1 aliphatic rings. The highest BCUT2D eigenvalue weighted by atomic mass is 16.3. The number of nitrogens with one attached hydrogen (secondary N) is 2. The molecule has 0 spiro atoms. The van der Waals surface area contributed by atoms with Crippen LogP contribution in [0.5, 0.6) is 0 Å². The van der Waals surface area contributed by atoms with Crippen molar-refractivity contribution >= 4 is 0 Å². The van der Waals surface area contributed by atoms with E-state index in [0.29, 0.717) is 19.1 Å². The van der Waals surface area contributed by atoms with E-state index in [1.807, 2.05) is 18.2 Å². The van der Waals surface area contributed by atoms with E-state index in [0.717, 1.165) is 6.54 Å². The summed E-state index contributed by atoms with van der Waals surface area (Å²) in [5.74, 6) is 0. The van der Waals surface area contributed by atoms with E-state index in [1.54, 1.807) is 0 Å². The SMILES string of the molecule is OC(CNCc1ccccc1)CNC1CCCCC1. The second-order valence-electron chi connectivity index (χ2n) is 5.51. The molecule has 3 nitrogen and oxygen atoms in total. The van der Waals surface area contributed by atoms with Gasteiger partial charge in [0.1, 0.15) is 0 Å². The first-order valence-electron chi connectivity index (χ1n) is 7.50. The van der Waals surface area contributed by atoms with E-state index < -0.39 is 0 Å². The Bertz CT molecular complexity index is 336. The molecule has 0 heterocycles. The lowest BCUT2D eigenvalue weighted by Crippen LogP contribution is -2.40. The van der Waals surface area contributed by atoms with Crippen LogP contribution in [-0.2, 0) is 6.54 Å². The maximum Gasteiger partial charge on any atom is 0.0788 e. The zero-order valence-corrected chi connectivity index (χ0v) is 11.6. The van der Waals surface area contributed by atoms with Crippen LogP contribution in [0, 0.1) is 0 Å². The predicted molar refractivity (Wildman–Crippen MR) is 79.0 cm³/mol. The maximum absolute atomic E-state index is 9.93. The van der Waals surface area contributed by atoms with Gasteiger partial charge in [-0.05, 0) is 18.4 Å². The zero-order chi connectivity index (χ0) is 13.3. The summed E-state index contributed by atoms with van der Waals surface area (Å²) in [7, 11) is 0. The van der Waals surface area contributed by atoms with Crippen molar-refractivity contribution in [3.05, 3.63) is 35.9 Å². The third kappa shape index (κ3) is 5.72. The van der Waals surface area contributed by atoms with Gasteiger partial charge in [0, 0.05) is 25.7 Å². The van der Waals surface area contributed by atoms with Crippen molar-refractivity contribution in [3.8, 4) is 0 Å². The highest BCUT2D eigenvalue weighted by molar-refractivity contribution is 5.14. The van der Waals surface area contributed by atoms with Crippen molar-refractivity contribution in [3.63, 3.8) is 0 Å². The van der Waals surface area contributed by atoms with Crippen LogP contribution in [0.15, 0.2) is 30.3 Å². The third-order valence-electron chi connectivity index (χ3n) is 3.80. The molecule has 1 unspecified atom stereocenters. The molecule has 1 saturated carbocycles. The Morgan fingerprint density at radius 2 is 1.79 bits per heavy atom. The minimum Gasteiger partial charge on any atom is -0.390 e. The van der Waals surface area contributed by atoms with Crippen molar-refractivity contribution in [2.45, 2.75) is 50.8 Å². The van der Waals surface area contributed by atoms with Gasteiger partial charge in [0.2, 0.25) is 0 Å². The molecular weight excluding hydrogens is 236 g/mol. The summed E-state index contributed by atoms with van der Waals surface area (Å²) < 4.78 is 0. The van der Waals surface area contributed by atoms with Crippen LogP contribution in [0.1, 0.15) is 37.7 Å². The second-order valence-corrected chi connectivity index (χ2v) is 5.51. The molecule has 1 aromatic rings. The Balaban J connectivity index is 1.55. The number of hydrogen-bond donors (Lipinski definition) is 3. The standard InChI is InChI=1S/C16H26N2O/c19-16(13-18-15-9-5-2-6-10-15)12-17-11-14-7-3-1-4-8-14/h1,3-4,7-8,15-19H,2,5-6,9-13H2. The van der Waals surface area contributed by atoms with E-state index >= 15 is 0 Å². The summed E-state index contributed by atoms with van der Waals surface area (Å²) in [5.41, 5.74) is 1.26. The molecule has 19 heavy (non-hydrogen) atoms. The van der Waals surface area contributed by atoms with E-state index in [-0.39, 0.29) is 6.10 Å². The number of rotatable bonds is 7. The smallest absolute Gasteiger partial charge is 0.0788 e. The molecule has 106 valence electrons. The van der Waals surface area contributed by atoms with E-state index in [1.165, 1.54) is 37.7 Å². The monoisotopic (exact) mass is 262 g/mol. The lowest BCUT2D eigenvalue weighted by molar-refractivity contribution is 0.160. The summed E-state index contributed by atoms with van der Waals surface area (Å²) in [6, 6.07) is 10.9. The topological polar surface area (TPSA) is 44.3 Å². The van der Waals surface area contributed by atoms with Gasteiger partial charge in [0.15, 0.2) is 0 Å². The predicted octanol–water partition coefficient (Wildman–Crippen LogP) is 2.06. The van der Waals surface area contributed by atoms with Crippen LogP contribution >= 0.6 is 0 Å². The van der Waals surface area contributed by atoms with Gasteiger partial charge in [0.05, 0.1) is 6.10 Å². The van der Waals surface area contributed by atoms with Gasteiger partial charge in [-0.1, -0.05) is 49.6 Å². The molecule has 0 aliphatic heterocycles. The van der Waals surface area contributed by atoms with E-state index in [4.69, 9.17) is 0 Å².